The zero-order chi connectivity index (χ0) is 16.9. The normalized spacial score (nSPS) is 10.7. The van der Waals surface area contributed by atoms with E-state index in [9.17, 15) is 0 Å². The van der Waals surface area contributed by atoms with Crippen LogP contribution in [0.25, 0.3) is 10.9 Å². The molecular weight excluding hydrogens is 308 g/mol. The van der Waals surface area contributed by atoms with E-state index in [1.54, 1.807) is 6.20 Å². The maximum atomic E-state index is 4.62. The van der Waals surface area contributed by atoms with Crippen LogP contribution in [0, 0.1) is 0 Å². The van der Waals surface area contributed by atoms with Gasteiger partial charge in [0.2, 0.25) is 0 Å². The van der Waals surface area contributed by atoms with Gasteiger partial charge >= 0.3 is 0 Å². The Kier molecular flexibility index (Phi) is 4.33. The summed E-state index contributed by atoms with van der Waals surface area (Å²) in [5.41, 5.74) is 3.38. The van der Waals surface area contributed by atoms with E-state index in [-0.39, 0.29) is 0 Å². The van der Waals surface area contributed by atoms with Crippen LogP contribution in [-0.4, -0.2) is 15.0 Å². The van der Waals surface area contributed by atoms with E-state index in [0.29, 0.717) is 6.54 Å². The second-order valence-electron chi connectivity index (χ2n) is 5.87. The van der Waals surface area contributed by atoms with Gasteiger partial charge in [-0.1, -0.05) is 54.6 Å². The highest BCUT2D eigenvalue weighted by Gasteiger charge is 2.04. The SMILES string of the molecule is c1ccc(Cc2nccc(NCc3cccc4cccnc34)n2)cc1. The number of hydrogen-bond donors (Lipinski definition) is 1. The summed E-state index contributed by atoms with van der Waals surface area (Å²) < 4.78 is 0. The minimum atomic E-state index is 0.677. The Labute approximate surface area is 146 Å². The fraction of sp³-hybridized carbons (Fsp3) is 0.0952. The van der Waals surface area contributed by atoms with Crippen molar-refractivity contribution in [2.75, 3.05) is 5.32 Å². The summed E-state index contributed by atoms with van der Waals surface area (Å²) in [7, 11) is 0. The summed E-state index contributed by atoms with van der Waals surface area (Å²) in [4.78, 5) is 13.5. The summed E-state index contributed by atoms with van der Waals surface area (Å²) in [6, 6.07) is 22.4. The van der Waals surface area contributed by atoms with Gasteiger partial charge in [0.15, 0.2) is 0 Å². The Balaban J connectivity index is 1.50. The molecule has 4 nitrogen and oxygen atoms in total. The predicted octanol–water partition coefficient (Wildman–Crippen LogP) is 4.23. The van der Waals surface area contributed by atoms with Crippen molar-refractivity contribution in [1.82, 2.24) is 15.0 Å². The van der Waals surface area contributed by atoms with E-state index in [0.717, 1.165) is 34.5 Å². The molecule has 0 saturated carbocycles. The molecule has 0 radical (unpaired) electrons. The van der Waals surface area contributed by atoms with Crippen LogP contribution in [0.1, 0.15) is 17.0 Å². The quantitative estimate of drug-likeness (QED) is 0.596. The zero-order valence-electron chi connectivity index (χ0n) is 13.8. The van der Waals surface area contributed by atoms with Gasteiger partial charge in [-0.05, 0) is 23.3 Å². The van der Waals surface area contributed by atoms with Gasteiger partial charge in [0.1, 0.15) is 11.6 Å². The monoisotopic (exact) mass is 326 g/mol. The first-order valence-corrected chi connectivity index (χ1v) is 8.31. The molecule has 0 unspecified atom stereocenters. The van der Waals surface area contributed by atoms with Crippen LogP contribution in [0.15, 0.2) is 79.1 Å². The average Bonchev–Trinajstić information content (AvgIpc) is 2.67. The van der Waals surface area contributed by atoms with Crippen LogP contribution >= 0.6 is 0 Å². The first-order valence-electron chi connectivity index (χ1n) is 8.31. The molecule has 4 aromatic rings. The lowest BCUT2D eigenvalue weighted by atomic mass is 10.1. The highest BCUT2D eigenvalue weighted by molar-refractivity contribution is 5.81. The van der Waals surface area contributed by atoms with Gasteiger partial charge in [-0.25, -0.2) is 9.97 Å². The molecule has 0 amide bonds. The minimum Gasteiger partial charge on any atom is -0.366 e. The molecule has 0 saturated heterocycles. The van der Waals surface area contributed by atoms with Gasteiger partial charge in [-0.15, -0.1) is 0 Å². The molecule has 0 fully saturated rings. The number of nitrogens with zero attached hydrogens (tertiary/aromatic N) is 3. The number of aromatic nitrogens is 3. The molecule has 4 rings (SSSR count). The van der Waals surface area contributed by atoms with Crippen LogP contribution in [-0.2, 0) is 13.0 Å². The topological polar surface area (TPSA) is 50.7 Å². The lowest BCUT2D eigenvalue weighted by Crippen LogP contribution is -2.05. The lowest BCUT2D eigenvalue weighted by Gasteiger charge is -2.09. The van der Waals surface area contributed by atoms with Gasteiger partial charge in [0, 0.05) is 30.7 Å². The van der Waals surface area contributed by atoms with Crippen molar-refractivity contribution in [3.8, 4) is 0 Å². The first kappa shape index (κ1) is 15.3. The lowest BCUT2D eigenvalue weighted by molar-refractivity contribution is 0.958. The Hall–Kier alpha value is -3.27. The van der Waals surface area contributed by atoms with Crippen molar-refractivity contribution >= 4 is 16.7 Å². The number of hydrogen-bond acceptors (Lipinski definition) is 4. The number of para-hydroxylation sites is 1. The smallest absolute Gasteiger partial charge is 0.135 e. The predicted molar refractivity (Wildman–Crippen MR) is 100 cm³/mol. The summed E-state index contributed by atoms with van der Waals surface area (Å²) in [5, 5.41) is 4.54. The summed E-state index contributed by atoms with van der Waals surface area (Å²) in [5.74, 6) is 1.64. The van der Waals surface area contributed by atoms with Crippen molar-refractivity contribution in [2.24, 2.45) is 0 Å². The molecule has 122 valence electrons. The van der Waals surface area contributed by atoms with Gasteiger partial charge in [-0.2, -0.15) is 0 Å². The Bertz CT molecular complexity index is 978. The Morgan fingerprint density at radius 2 is 1.64 bits per heavy atom. The maximum absolute atomic E-state index is 4.62. The third kappa shape index (κ3) is 3.63. The molecule has 1 N–H and O–H groups in total. The van der Waals surface area contributed by atoms with Crippen LogP contribution < -0.4 is 5.32 Å². The van der Waals surface area contributed by atoms with Crippen LogP contribution in [0.5, 0.6) is 0 Å². The molecule has 0 aliphatic carbocycles. The molecule has 0 aliphatic rings. The van der Waals surface area contributed by atoms with Crippen LogP contribution in [0.4, 0.5) is 5.82 Å². The van der Waals surface area contributed by atoms with E-state index in [4.69, 9.17) is 0 Å². The maximum Gasteiger partial charge on any atom is 0.135 e. The standard InChI is InChI=1S/C21H18N4/c1-2-6-16(7-3-1)14-20-22-13-11-19(25-20)24-15-18-9-4-8-17-10-5-12-23-21(17)18/h1-13H,14-15H2,(H,22,24,25). The average molecular weight is 326 g/mol. The van der Waals surface area contributed by atoms with Gasteiger partial charge in [0.05, 0.1) is 5.52 Å². The summed E-state index contributed by atoms with van der Waals surface area (Å²) >= 11 is 0. The van der Waals surface area contributed by atoms with Crippen molar-refractivity contribution in [3.05, 3.63) is 96.1 Å². The molecule has 0 spiro atoms. The van der Waals surface area contributed by atoms with E-state index in [2.05, 4.69) is 56.7 Å². The number of rotatable bonds is 5. The van der Waals surface area contributed by atoms with E-state index < -0.39 is 0 Å². The minimum absolute atomic E-state index is 0.677. The van der Waals surface area contributed by atoms with Crippen molar-refractivity contribution in [3.63, 3.8) is 0 Å². The molecule has 2 aromatic heterocycles. The van der Waals surface area contributed by atoms with E-state index in [1.807, 2.05) is 36.5 Å². The third-order valence-electron chi connectivity index (χ3n) is 4.09. The second-order valence-corrected chi connectivity index (χ2v) is 5.87. The van der Waals surface area contributed by atoms with E-state index in [1.165, 1.54) is 5.56 Å². The molecule has 2 aromatic carbocycles. The number of benzene rings is 2. The van der Waals surface area contributed by atoms with Crippen molar-refractivity contribution < 1.29 is 0 Å². The molecule has 4 heteroatoms. The van der Waals surface area contributed by atoms with Gasteiger partial charge < -0.3 is 5.32 Å². The summed E-state index contributed by atoms with van der Waals surface area (Å²) in [6.45, 7) is 0.677. The molecule has 2 heterocycles. The summed E-state index contributed by atoms with van der Waals surface area (Å²) in [6.07, 6.45) is 4.36. The van der Waals surface area contributed by atoms with Crippen molar-refractivity contribution in [2.45, 2.75) is 13.0 Å². The highest BCUT2D eigenvalue weighted by Crippen LogP contribution is 2.17. The molecule has 0 atom stereocenters. The molecular formula is C21H18N4. The van der Waals surface area contributed by atoms with Crippen LogP contribution in [0.2, 0.25) is 0 Å². The Morgan fingerprint density at radius 3 is 2.56 bits per heavy atom. The molecule has 0 bridgehead atoms. The fourth-order valence-corrected chi connectivity index (χ4v) is 2.86. The number of fused-ring (bicyclic) bond motifs is 1. The molecule has 25 heavy (non-hydrogen) atoms. The highest BCUT2D eigenvalue weighted by atomic mass is 15.0. The number of nitrogens with one attached hydrogen (secondary N) is 1. The zero-order valence-corrected chi connectivity index (χ0v) is 13.8. The van der Waals surface area contributed by atoms with Gasteiger partial charge in [-0.3, -0.25) is 4.98 Å². The molecule has 0 aliphatic heterocycles. The fourth-order valence-electron chi connectivity index (χ4n) is 2.86. The first-order chi connectivity index (χ1) is 12.4. The number of pyridine rings is 1. The van der Waals surface area contributed by atoms with Crippen LogP contribution in [0.3, 0.4) is 0 Å². The van der Waals surface area contributed by atoms with Crippen molar-refractivity contribution in [1.29, 1.82) is 0 Å². The third-order valence-corrected chi connectivity index (χ3v) is 4.09. The largest absolute Gasteiger partial charge is 0.366 e. The van der Waals surface area contributed by atoms with Gasteiger partial charge in [0.25, 0.3) is 0 Å². The Morgan fingerprint density at radius 1 is 0.760 bits per heavy atom. The number of anilines is 1. The van der Waals surface area contributed by atoms with E-state index >= 15 is 0 Å². The second kappa shape index (κ2) is 7.09.